The Morgan fingerprint density at radius 2 is 1.30 bits per heavy atom. The van der Waals surface area contributed by atoms with E-state index in [1.807, 2.05) is 8.84 Å². The van der Waals surface area contributed by atoms with Crippen LogP contribution in [-0.2, 0) is 0 Å². The third-order valence-corrected chi connectivity index (χ3v) is 2.78. The van der Waals surface area contributed by atoms with Gasteiger partial charge in [0.1, 0.15) is 0 Å². The lowest BCUT2D eigenvalue weighted by molar-refractivity contribution is 0.173. The van der Waals surface area contributed by atoms with Crippen molar-refractivity contribution in [2.45, 2.75) is 25.9 Å². The molecule has 0 unspecified atom stereocenters. The minimum absolute atomic E-state index is 0.357. The molecule has 10 heavy (non-hydrogen) atoms. The van der Waals surface area contributed by atoms with Crippen molar-refractivity contribution in [3.63, 3.8) is 0 Å². The maximum Gasteiger partial charge on any atom is 0.0364 e. The van der Waals surface area contributed by atoms with Gasteiger partial charge < -0.3 is 0 Å². The molecule has 0 spiro atoms. The summed E-state index contributed by atoms with van der Waals surface area (Å²) in [4.78, 5) is 0. The molecule has 0 aliphatic carbocycles. The minimum atomic E-state index is 0.357. The number of hydrogen-bond donors (Lipinski definition) is 0. The summed E-state index contributed by atoms with van der Waals surface area (Å²) in [5, 5.41) is 0. The zero-order valence-electron chi connectivity index (χ0n) is 6.22. The molecular weight excluding hydrogens is 171 g/mol. The Balaban J connectivity index is 2.46. The van der Waals surface area contributed by atoms with Gasteiger partial charge in [-0.15, -0.1) is 0 Å². The molecule has 0 saturated carbocycles. The Morgan fingerprint density at radius 1 is 1.00 bits per heavy atom. The average Bonchev–Trinajstić information content (AvgIpc) is 1.84. The van der Waals surface area contributed by atoms with Crippen LogP contribution in [0.3, 0.4) is 0 Å². The van der Waals surface area contributed by atoms with Gasteiger partial charge >= 0.3 is 0 Å². The molecule has 1 rings (SSSR count). The molecular formula is C6H12Cl2N2. The standard InChI is InChI=1S/C6H12Cl2N2/c1-5-3-10(8)6(2)4-9(5)7/h5-6H,3-4H2,1-2H3/t5-,6-/m1/s1. The smallest absolute Gasteiger partial charge is 0.0364 e. The van der Waals surface area contributed by atoms with Crippen LogP contribution in [0.1, 0.15) is 13.8 Å². The van der Waals surface area contributed by atoms with E-state index in [0.29, 0.717) is 12.1 Å². The van der Waals surface area contributed by atoms with Crippen LogP contribution in [0.25, 0.3) is 0 Å². The van der Waals surface area contributed by atoms with Crippen molar-refractivity contribution in [1.29, 1.82) is 0 Å². The molecule has 4 heteroatoms. The van der Waals surface area contributed by atoms with Gasteiger partial charge in [-0.05, 0) is 37.4 Å². The highest BCUT2D eigenvalue weighted by molar-refractivity contribution is 6.15. The van der Waals surface area contributed by atoms with Crippen LogP contribution in [0, 0.1) is 0 Å². The number of piperazine rings is 1. The SMILES string of the molecule is C[C@@H]1CN(Cl)[C@H](C)CN1Cl. The van der Waals surface area contributed by atoms with Gasteiger partial charge in [-0.1, -0.05) is 0 Å². The van der Waals surface area contributed by atoms with Gasteiger partial charge in [0.05, 0.1) is 0 Å². The quantitative estimate of drug-likeness (QED) is 0.527. The Labute approximate surface area is 71.9 Å². The first-order valence-electron chi connectivity index (χ1n) is 3.46. The lowest BCUT2D eigenvalue weighted by Crippen LogP contribution is -2.48. The molecule has 1 aliphatic heterocycles. The molecule has 2 atom stereocenters. The van der Waals surface area contributed by atoms with Crippen LogP contribution in [0.15, 0.2) is 0 Å². The van der Waals surface area contributed by atoms with Gasteiger partial charge in [0.2, 0.25) is 0 Å². The van der Waals surface area contributed by atoms with Crippen molar-refractivity contribution in [3.05, 3.63) is 0 Å². The van der Waals surface area contributed by atoms with Crippen LogP contribution >= 0.6 is 23.6 Å². The van der Waals surface area contributed by atoms with Crippen molar-refractivity contribution < 1.29 is 0 Å². The van der Waals surface area contributed by atoms with E-state index < -0.39 is 0 Å². The Hall–Kier alpha value is 0.500. The zero-order chi connectivity index (χ0) is 7.72. The summed E-state index contributed by atoms with van der Waals surface area (Å²) >= 11 is 11.8. The van der Waals surface area contributed by atoms with E-state index in [2.05, 4.69) is 13.8 Å². The van der Waals surface area contributed by atoms with Crippen LogP contribution < -0.4 is 0 Å². The molecule has 0 bridgehead atoms. The number of halogens is 2. The molecule has 2 nitrogen and oxygen atoms in total. The van der Waals surface area contributed by atoms with Crippen LogP contribution in [0.4, 0.5) is 0 Å². The van der Waals surface area contributed by atoms with Crippen molar-refractivity contribution in [3.8, 4) is 0 Å². The molecule has 0 aromatic rings. The van der Waals surface area contributed by atoms with Gasteiger partial charge in [0.25, 0.3) is 0 Å². The van der Waals surface area contributed by atoms with E-state index >= 15 is 0 Å². The van der Waals surface area contributed by atoms with E-state index in [0.717, 1.165) is 13.1 Å². The second-order valence-corrected chi connectivity index (χ2v) is 3.73. The molecule has 1 fully saturated rings. The molecule has 1 saturated heterocycles. The Morgan fingerprint density at radius 3 is 1.60 bits per heavy atom. The summed E-state index contributed by atoms with van der Waals surface area (Å²) < 4.78 is 3.62. The second-order valence-electron chi connectivity index (χ2n) is 2.86. The summed E-state index contributed by atoms with van der Waals surface area (Å²) in [6.45, 7) is 5.81. The molecule has 1 heterocycles. The minimum Gasteiger partial charge on any atom is -0.214 e. The Kier molecular flexibility index (Phi) is 2.81. The lowest BCUT2D eigenvalue weighted by atomic mass is 10.2. The number of rotatable bonds is 0. The largest absolute Gasteiger partial charge is 0.214 e. The van der Waals surface area contributed by atoms with Crippen molar-refractivity contribution in [2.75, 3.05) is 13.1 Å². The van der Waals surface area contributed by atoms with Crippen molar-refractivity contribution in [1.82, 2.24) is 8.84 Å². The zero-order valence-corrected chi connectivity index (χ0v) is 7.73. The Bertz CT molecular complexity index is 94.3. The summed E-state index contributed by atoms with van der Waals surface area (Å²) in [6.07, 6.45) is 0. The predicted octanol–water partition coefficient (Wildman–Crippen LogP) is 1.69. The normalized spacial score (nSPS) is 38.4. The van der Waals surface area contributed by atoms with E-state index in [4.69, 9.17) is 23.6 Å². The maximum atomic E-state index is 5.88. The highest BCUT2D eigenvalue weighted by Gasteiger charge is 2.26. The highest BCUT2D eigenvalue weighted by atomic mass is 35.5. The summed E-state index contributed by atoms with van der Waals surface area (Å²) in [6, 6.07) is 0.714. The average molecular weight is 183 g/mol. The molecule has 0 amide bonds. The summed E-state index contributed by atoms with van der Waals surface area (Å²) in [5.74, 6) is 0. The molecule has 0 radical (unpaired) electrons. The number of nitrogens with zero attached hydrogens (tertiary/aromatic N) is 2. The third-order valence-electron chi connectivity index (χ3n) is 1.83. The van der Waals surface area contributed by atoms with E-state index in [1.54, 1.807) is 0 Å². The predicted molar refractivity (Wildman–Crippen MR) is 44.0 cm³/mol. The van der Waals surface area contributed by atoms with Crippen LogP contribution in [0.2, 0.25) is 0 Å². The van der Waals surface area contributed by atoms with Crippen molar-refractivity contribution >= 4 is 23.6 Å². The van der Waals surface area contributed by atoms with Gasteiger partial charge in [-0.2, -0.15) is 0 Å². The fraction of sp³-hybridized carbons (Fsp3) is 1.00. The fourth-order valence-corrected chi connectivity index (χ4v) is 1.56. The second kappa shape index (κ2) is 3.26. The first-order valence-corrected chi connectivity index (χ1v) is 4.13. The van der Waals surface area contributed by atoms with Gasteiger partial charge in [0, 0.05) is 25.2 Å². The van der Waals surface area contributed by atoms with Crippen LogP contribution in [-0.4, -0.2) is 34.0 Å². The molecule has 0 aromatic carbocycles. The molecule has 0 aromatic heterocycles. The number of hydrogen-bond acceptors (Lipinski definition) is 2. The van der Waals surface area contributed by atoms with E-state index in [1.165, 1.54) is 0 Å². The lowest BCUT2D eigenvalue weighted by Gasteiger charge is -2.36. The third kappa shape index (κ3) is 1.76. The highest BCUT2D eigenvalue weighted by Crippen LogP contribution is 2.17. The maximum absolute atomic E-state index is 5.88. The van der Waals surface area contributed by atoms with E-state index in [9.17, 15) is 0 Å². The summed E-state index contributed by atoms with van der Waals surface area (Å²) in [5.41, 5.74) is 0. The molecule has 1 aliphatic rings. The first kappa shape index (κ1) is 8.60. The first-order chi connectivity index (χ1) is 4.61. The summed E-state index contributed by atoms with van der Waals surface area (Å²) in [7, 11) is 0. The van der Waals surface area contributed by atoms with Crippen LogP contribution in [0.5, 0.6) is 0 Å². The van der Waals surface area contributed by atoms with E-state index in [-0.39, 0.29) is 0 Å². The molecule has 0 N–H and O–H groups in total. The van der Waals surface area contributed by atoms with Gasteiger partial charge in [0.15, 0.2) is 0 Å². The van der Waals surface area contributed by atoms with Crippen molar-refractivity contribution in [2.24, 2.45) is 0 Å². The topological polar surface area (TPSA) is 6.48 Å². The molecule has 60 valence electrons. The van der Waals surface area contributed by atoms with Gasteiger partial charge in [-0.3, -0.25) is 0 Å². The monoisotopic (exact) mass is 182 g/mol. The van der Waals surface area contributed by atoms with Gasteiger partial charge in [-0.25, -0.2) is 8.84 Å². The fourth-order valence-electron chi connectivity index (χ4n) is 1.04.